The number of rotatable bonds is 22. The van der Waals surface area contributed by atoms with Crippen LogP contribution in [0.3, 0.4) is 0 Å². The molecule has 0 saturated carbocycles. The van der Waals surface area contributed by atoms with Gasteiger partial charge < -0.3 is 45.9 Å². The van der Waals surface area contributed by atoms with E-state index in [1.807, 2.05) is 12.1 Å². The quantitative estimate of drug-likeness (QED) is 0.0239. The Hall–Kier alpha value is -11.1. The summed E-state index contributed by atoms with van der Waals surface area (Å²) >= 11 is 0. The number of nitrogens with one attached hydrogen (secondary N) is 2. The van der Waals surface area contributed by atoms with Gasteiger partial charge in [-0.2, -0.15) is 0 Å². The van der Waals surface area contributed by atoms with Crippen LogP contribution >= 0.6 is 0 Å². The number of amides is 2. The Labute approximate surface area is 705 Å². The first-order valence-corrected chi connectivity index (χ1v) is 33.4. The van der Waals surface area contributed by atoms with E-state index in [2.05, 4.69) is 74.8 Å². The van der Waals surface area contributed by atoms with Crippen LogP contribution in [0, 0.1) is 111 Å². The fourth-order valence-corrected chi connectivity index (χ4v) is 11.0. The molecule has 0 aliphatic heterocycles. The van der Waals surface area contributed by atoms with Crippen molar-refractivity contribution >= 4 is 84.7 Å². The summed E-state index contributed by atoms with van der Waals surface area (Å²) in [7, 11) is 0. The number of anilines is 2. The van der Waals surface area contributed by atoms with Crippen LogP contribution in [-0.2, 0) is 64.2 Å². The molecule has 6 aromatic carbocycles. The van der Waals surface area contributed by atoms with Crippen LogP contribution in [0.15, 0.2) is 232 Å². The average Bonchev–Trinajstić information content (AvgIpc) is 0.777. The van der Waals surface area contributed by atoms with Crippen LogP contribution in [-0.4, -0.2) is 159 Å². The summed E-state index contributed by atoms with van der Waals surface area (Å²) in [4.78, 5) is 99.7. The number of carbonyl (C=O) groups excluding carboxylic acids is 2. The van der Waals surface area contributed by atoms with Gasteiger partial charge >= 0.3 is 57.8 Å². The SMILES string of the molecule is Fc1c[c-]c(-c2ccccn2)c(F)c1.Fc1c[c-]c(-c2ccccn2)c(F)c1.Fc1c[c-]c(-c2ccccn2)c(F)c1.Fc1c[c-]c(-c2ccccn2)c(F)c1.O=C(O)CN(CCN(CC(=O)O)CC(=O)Nc1cc2cccnc2c2ncccc12)CCN(CC(=O)O)CC(=O)Nc1cc2cccnc2c2ncccc12.[Gd+3].[Ir].[Ir]. The van der Waals surface area contributed by atoms with Crippen molar-refractivity contribution in [1.29, 1.82) is 0 Å². The number of nitrogens with zero attached hydrogens (tertiary/aromatic N) is 11. The molecule has 0 aliphatic carbocycles. The normalized spacial score (nSPS) is 10.6. The van der Waals surface area contributed by atoms with Crippen LogP contribution < -0.4 is 10.6 Å². The van der Waals surface area contributed by atoms with Crippen molar-refractivity contribution in [2.24, 2.45) is 0 Å². The minimum absolute atomic E-state index is 0. The molecule has 3 radical (unpaired) electrons. The van der Waals surface area contributed by atoms with Crippen molar-refractivity contribution < 1.29 is 155 Å². The Bertz CT molecular complexity index is 5080. The van der Waals surface area contributed by atoms with Crippen molar-refractivity contribution in [1.82, 2.24) is 54.6 Å². The van der Waals surface area contributed by atoms with Gasteiger partial charge in [-0.1, -0.05) is 107 Å². The maximum absolute atomic E-state index is 13.3. The summed E-state index contributed by atoms with van der Waals surface area (Å²) in [6.07, 6.45) is 12.7. The van der Waals surface area contributed by atoms with Gasteiger partial charge in [0.25, 0.3) is 0 Å². The molecule has 0 bridgehead atoms. The zero-order valence-corrected chi connectivity index (χ0v) is 66.2. The Kier molecular flexibility index (Phi) is 35.5. The van der Waals surface area contributed by atoms with E-state index in [-0.39, 0.29) is 142 Å². The Balaban J connectivity index is 0.000000243. The van der Waals surface area contributed by atoms with Gasteiger partial charge in [-0.05, 0) is 95.6 Å². The van der Waals surface area contributed by atoms with Gasteiger partial charge in [0, 0.05) is 184 Å². The molecule has 0 spiro atoms. The van der Waals surface area contributed by atoms with Crippen LogP contribution in [0.25, 0.3) is 88.6 Å². The van der Waals surface area contributed by atoms with Gasteiger partial charge in [0.1, 0.15) is 0 Å². The van der Waals surface area contributed by atoms with Crippen LogP contribution in [0.4, 0.5) is 46.5 Å². The Morgan fingerprint density at radius 3 is 0.860 bits per heavy atom. The van der Waals surface area contributed by atoms with Gasteiger partial charge in [0.05, 0.1) is 66.2 Å². The van der Waals surface area contributed by atoms with Crippen molar-refractivity contribution in [3.63, 3.8) is 0 Å². The smallest absolute Gasteiger partial charge is 0.480 e. The molecule has 0 atom stereocenters. The third-order valence-corrected chi connectivity index (χ3v) is 15.9. The van der Waals surface area contributed by atoms with Gasteiger partial charge in [-0.3, -0.25) is 93.7 Å². The second-order valence-corrected chi connectivity index (χ2v) is 23.8. The monoisotopic (exact) mass is 2050 g/mol. The van der Waals surface area contributed by atoms with Crippen LogP contribution in [0.1, 0.15) is 0 Å². The summed E-state index contributed by atoms with van der Waals surface area (Å²) in [6.45, 7) is -2.05. The number of fused-ring (bicyclic) bond motifs is 6. The average molecular weight is 2050 g/mol. The molecule has 8 heterocycles. The number of aromatic nitrogens is 8. The van der Waals surface area contributed by atoms with E-state index in [1.54, 1.807) is 171 Å². The molecule has 0 fully saturated rings. The third-order valence-electron chi connectivity index (χ3n) is 15.9. The summed E-state index contributed by atoms with van der Waals surface area (Å²) in [5, 5.41) is 37.4. The molecular formula is C82H61F8GdIr2N13O8-. The second kappa shape index (κ2) is 44.9. The molecular weight excluding hydrogens is 1990 g/mol. The molecule has 21 nitrogen and oxygen atoms in total. The third kappa shape index (κ3) is 26.5. The van der Waals surface area contributed by atoms with Gasteiger partial charge in [-0.25, -0.2) is 0 Å². The molecule has 0 saturated heterocycles. The predicted octanol–water partition coefficient (Wildman–Crippen LogP) is 13.9. The van der Waals surface area contributed by atoms with E-state index >= 15 is 0 Å². The zero-order chi connectivity index (χ0) is 78.8. The van der Waals surface area contributed by atoms with Gasteiger partial charge in [0.15, 0.2) is 0 Å². The molecule has 585 valence electrons. The first-order chi connectivity index (χ1) is 53.6. The predicted molar refractivity (Wildman–Crippen MR) is 397 cm³/mol. The van der Waals surface area contributed by atoms with Crippen LogP contribution in [0.5, 0.6) is 0 Å². The number of carboxylic acids is 3. The molecule has 14 aromatic rings. The number of benzene rings is 6. The summed E-state index contributed by atoms with van der Waals surface area (Å²) in [5.41, 5.74) is 6.01. The molecule has 14 rings (SSSR count). The number of carbonyl (C=O) groups is 5. The van der Waals surface area contributed by atoms with Crippen molar-refractivity contribution in [3.05, 3.63) is 302 Å². The van der Waals surface area contributed by atoms with Crippen molar-refractivity contribution in [2.75, 3.05) is 69.5 Å². The maximum atomic E-state index is 13.3. The molecule has 2 amide bonds. The van der Waals surface area contributed by atoms with E-state index in [0.717, 1.165) is 59.3 Å². The Morgan fingerprint density at radius 1 is 0.325 bits per heavy atom. The molecule has 0 aliphatic rings. The standard InChI is InChI=1S/C38H37N9O8.4C11H6F2N.Gd.2Ir/c48-30(43-28-17-24-5-1-9-39-35(24)37-26(28)7-3-11-41-37)19-46(22-33(52)53)15-13-45(21-32(50)51)14-16-47(23-34(54)55)20-31(49)44-29-18-25-6-2-10-40-36(25)38-27(29)8-4-12-42-38;4*12-8-4-5-9(10(13)7-8)11-3-1-2-6-14-11;;;/h1-12,17-18H,13-16,19-23H2,(H,43,48)(H,44,49)(H,50,51)(H,52,53)(H,54,55);4*1-4,6-7H;;;/q;4*-1;+3;;. The fraction of sp³-hybridized carbons (Fsp3) is 0.110. The minimum Gasteiger partial charge on any atom is -0.480 e. The number of carboxylic acid groups (broad SMARTS) is 3. The topological polar surface area (TPSA) is 283 Å². The number of hydrogen-bond donors (Lipinski definition) is 5. The van der Waals surface area contributed by atoms with E-state index in [1.165, 1.54) is 14.7 Å². The molecule has 32 heteroatoms. The number of hydrogen-bond acceptors (Lipinski definition) is 16. The maximum Gasteiger partial charge on any atom is 3.00 e. The first kappa shape index (κ1) is 90.1. The van der Waals surface area contributed by atoms with Crippen molar-refractivity contribution in [2.45, 2.75) is 0 Å². The number of pyridine rings is 8. The van der Waals surface area contributed by atoms with Gasteiger partial charge in [0.2, 0.25) is 11.8 Å². The zero-order valence-electron chi connectivity index (χ0n) is 59.1. The molecule has 5 N–H and O–H groups in total. The summed E-state index contributed by atoms with van der Waals surface area (Å²) in [5.74, 6) is -9.67. The minimum atomic E-state index is -1.19. The summed E-state index contributed by atoms with van der Waals surface area (Å²) in [6, 6.07) is 55.9. The largest absolute Gasteiger partial charge is 3.00 e. The second-order valence-electron chi connectivity index (χ2n) is 23.8. The number of aliphatic carboxylic acids is 3. The molecule has 0 unspecified atom stereocenters. The fourth-order valence-electron chi connectivity index (χ4n) is 11.0. The summed E-state index contributed by atoms with van der Waals surface area (Å²) < 4.78 is 103. The van der Waals surface area contributed by atoms with E-state index in [0.29, 0.717) is 67.0 Å². The van der Waals surface area contributed by atoms with Crippen molar-refractivity contribution in [3.8, 4) is 45.0 Å². The van der Waals surface area contributed by atoms with Gasteiger partial charge in [-0.15, -0.1) is 48.5 Å². The van der Waals surface area contributed by atoms with E-state index < -0.39 is 95.9 Å². The Morgan fingerprint density at radius 2 is 0.588 bits per heavy atom. The first-order valence-electron chi connectivity index (χ1n) is 33.4. The number of halogens is 8. The van der Waals surface area contributed by atoms with E-state index in [4.69, 9.17) is 0 Å². The molecule has 114 heavy (non-hydrogen) atoms. The van der Waals surface area contributed by atoms with Crippen LogP contribution in [0.2, 0.25) is 0 Å². The molecule has 8 aromatic heterocycles. The van der Waals surface area contributed by atoms with E-state index in [9.17, 15) is 74.4 Å².